The second kappa shape index (κ2) is 30.0. The number of para-hydroxylation sites is 2. The highest BCUT2D eigenvalue weighted by Gasteiger charge is 2.31. The van der Waals surface area contributed by atoms with E-state index >= 15 is 0 Å². The van der Waals surface area contributed by atoms with Crippen molar-refractivity contribution < 1.29 is 43.5 Å². The van der Waals surface area contributed by atoms with Crippen LogP contribution >= 0.6 is 51.5 Å². The number of amides is 2. The first-order chi connectivity index (χ1) is 37.9. The summed E-state index contributed by atoms with van der Waals surface area (Å²) >= 11 is 14.4. The molecule has 3 fully saturated rings. The van der Waals surface area contributed by atoms with Crippen molar-refractivity contribution in [1.82, 2.24) is 55.9 Å². The van der Waals surface area contributed by atoms with Gasteiger partial charge in [0.1, 0.15) is 52.4 Å². The molecule has 3 aliphatic rings. The number of nitrogens with zero attached hydrogens (tertiary/aromatic N) is 10. The number of halogens is 4. The van der Waals surface area contributed by atoms with Crippen LogP contribution in [0.5, 0.6) is 28.7 Å². The first-order valence-electron chi connectivity index (χ1n) is 25.6. The van der Waals surface area contributed by atoms with Crippen LogP contribution in [0.2, 0.25) is 10.3 Å². The lowest BCUT2D eigenvalue weighted by Crippen LogP contribution is -2.46. The molecule has 438 valence electrons. The second-order valence-corrected chi connectivity index (χ2v) is 22.1. The molecule has 3 aliphatic heterocycles. The van der Waals surface area contributed by atoms with Gasteiger partial charge in [0.25, 0.3) is 0 Å². The highest BCUT2D eigenvalue weighted by Crippen LogP contribution is 2.34. The maximum absolute atomic E-state index is 12.3. The smallest absolute Gasteiger partial charge is 0.410 e. The molecule has 9 rings (SSSR count). The van der Waals surface area contributed by atoms with E-state index in [0.29, 0.717) is 81.4 Å². The number of ether oxygens (including phenoxy) is 5. The summed E-state index contributed by atoms with van der Waals surface area (Å²) < 4.78 is 29.3. The lowest BCUT2D eigenvalue weighted by Gasteiger charge is -2.34. The number of nitrogen functional groups attached to an aromatic ring is 4. The van der Waals surface area contributed by atoms with Gasteiger partial charge in [0.15, 0.2) is 50.8 Å². The molecular weight excluding hydrogens is 1180 g/mol. The van der Waals surface area contributed by atoms with E-state index in [2.05, 4.69) is 62.0 Å². The first-order valence-corrected chi connectivity index (χ1v) is 27.2. The third-order valence-corrected chi connectivity index (χ3v) is 12.6. The van der Waals surface area contributed by atoms with Gasteiger partial charge in [-0.25, -0.2) is 9.59 Å². The molecule has 0 bridgehead atoms. The largest absolute Gasteiger partial charge is 0.507 e. The van der Waals surface area contributed by atoms with Gasteiger partial charge in [0.2, 0.25) is 0 Å². The zero-order valence-electron chi connectivity index (χ0n) is 45.7. The summed E-state index contributed by atoms with van der Waals surface area (Å²) in [6, 6.07) is 20.3. The fourth-order valence-corrected chi connectivity index (χ4v) is 8.64. The number of hydrogen-bond acceptors (Lipinski definition) is 22. The van der Waals surface area contributed by atoms with Crippen LogP contribution in [-0.4, -0.2) is 142 Å². The topological polar surface area (TPSA) is 346 Å². The number of aromatic hydroxyl groups is 2. The van der Waals surface area contributed by atoms with Crippen molar-refractivity contribution in [2.24, 2.45) is 0 Å². The van der Waals surface area contributed by atoms with Gasteiger partial charge in [-0.15, -0.1) is 53.2 Å². The molecule has 0 aliphatic carbocycles. The van der Waals surface area contributed by atoms with Crippen LogP contribution < -0.4 is 42.5 Å². The Morgan fingerprint density at radius 3 is 1.38 bits per heavy atom. The third-order valence-electron chi connectivity index (χ3n) is 11.6. The molecule has 3 unspecified atom stereocenters. The van der Waals surface area contributed by atoms with Gasteiger partial charge in [-0.3, -0.25) is 0 Å². The number of rotatable bonds is 8. The van der Waals surface area contributed by atoms with Crippen LogP contribution in [0.15, 0.2) is 77.3 Å². The predicted octanol–water partition coefficient (Wildman–Crippen LogP) is 9.16. The Morgan fingerprint density at radius 1 is 0.580 bits per heavy atom. The molecule has 2 amide bonds. The van der Waals surface area contributed by atoms with Gasteiger partial charge in [0.05, 0.1) is 17.6 Å². The van der Waals surface area contributed by atoms with Gasteiger partial charge in [-0.05, 0) is 133 Å². The number of likely N-dealkylation sites (tertiary alicyclic amines) is 2. The number of carbonyl (C=O) groups is 2. The molecular formula is C53H69BrCl3N15O9. The Balaban J connectivity index is 0.000000207. The summed E-state index contributed by atoms with van der Waals surface area (Å²) in [7, 11) is 0. The molecule has 7 heterocycles. The molecule has 6 aromatic rings. The fraction of sp³-hybridized carbons (Fsp3) is 0.434. The number of benzene rings is 2. The molecule has 81 heavy (non-hydrogen) atoms. The Bertz CT molecular complexity index is 3030. The number of carbonyl (C=O) groups excluding carboxylic acids is 2. The van der Waals surface area contributed by atoms with Gasteiger partial charge < -0.3 is 71.9 Å². The number of phenols is 2. The van der Waals surface area contributed by atoms with E-state index in [1.807, 2.05) is 47.6 Å². The van der Waals surface area contributed by atoms with Crippen LogP contribution in [0, 0.1) is 0 Å². The van der Waals surface area contributed by atoms with E-state index in [4.69, 9.17) is 69.8 Å². The number of hydrogen-bond donors (Lipinski definition) is 7. The number of phenolic OH excluding ortho intramolecular Hbond substituents is 2. The summed E-state index contributed by atoms with van der Waals surface area (Å²) in [4.78, 5) is 27.7. The first kappa shape index (κ1) is 64.6. The lowest BCUT2D eigenvalue weighted by molar-refractivity contribution is 0.00717. The maximum Gasteiger partial charge on any atom is 0.410 e. The SMILES string of the molecule is CC(C)(C)OC(=O)N1CCCC(Oc2cc(-c3ccccc3O)nnc2N)C1.CC(C)(C)OC(=O)N1CCCC(Oc2cc(Cl)nnc2N)C1.Cl.Nc1nnc(-c2ccccc2O)cc1OC1CCCNC1.Nc1nnc(Cl)cc1Br. The van der Waals surface area contributed by atoms with Crippen molar-refractivity contribution in [3.8, 4) is 51.3 Å². The van der Waals surface area contributed by atoms with E-state index < -0.39 is 11.2 Å². The van der Waals surface area contributed by atoms with Crippen LogP contribution in [0.3, 0.4) is 0 Å². The Morgan fingerprint density at radius 2 is 0.975 bits per heavy atom. The van der Waals surface area contributed by atoms with Crippen LogP contribution in [-0.2, 0) is 9.47 Å². The lowest BCUT2D eigenvalue weighted by atomic mass is 10.1. The average Bonchev–Trinajstić information content (AvgIpc) is 3.49. The minimum Gasteiger partial charge on any atom is -0.507 e. The molecule has 11 N–H and O–H groups in total. The monoisotopic (exact) mass is 1240 g/mol. The van der Waals surface area contributed by atoms with Gasteiger partial charge >= 0.3 is 12.2 Å². The summed E-state index contributed by atoms with van der Waals surface area (Å²) in [5.74, 6) is 2.48. The van der Waals surface area contributed by atoms with E-state index in [-0.39, 0.29) is 77.0 Å². The van der Waals surface area contributed by atoms with Crippen molar-refractivity contribution >= 4 is 87.0 Å². The molecule has 24 nitrogen and oxygen atoms in total. The Kier molecular flexibility index (Phi) is 24.0. The standard InChI is InChI=1S/C20H26N4O4.C15H18N4O2.C14H21ClN4O3.C4H3BrClN3.ClH/c1-20(2,3)28-19(26)24-10-6-7-13(12-24)27-17-11-15(22-23-18(17)21)14-8-4-5-9-16(14)25;16-15-14(21-10-4-3-7-17-9-10)8-12(18-19-15)11-5-1-2-6-13(11)20;1-14(2,3)22-13(20)19-6-4-5-9(8-19)21-10-7-11(15)17-18-12(10)16;5-2-1-3(6)8-9-4(2)7;/h4-5,8-9,11,13,25H,6-7,10,12H2,1-3H3,(H2,21,23);1-2,5-6,8,10,17,20H,3-4,7,9H2,(H2,16,19);7,9H,4-6,8H2,1-3H3,(H2,16,18);1H,(H2,7,9);1H. The van der Waals surface area contributed by atoms with Crippen molar-refractivity contribution in [2.45, 2.75) is 110 Å². The molecule has 28 heteroatoms. The number of aromatic nitrogens is 8. The summed E-state index contributed by atoms with van der Waals surface area (Å²) in [5, 5.41) is 54.1. The van der Waals surface area contributed by atoms with Crippen molar-refractivity contribution in [2.75, 3.05) is 62.2 Å². The normalized spacial score (nSPS) is 16.9. The predicted molar refractivity (Wildman–Crippen MR) is 314 cm³/mol. The molecule has 0 spiro atoms. The minimum atomic E-state index is -0.545. The van der Waals surface area contributed by atoms with Crippen LogP contribution in [0.4, 0.5) is 32.9 Å². The Labute approximate surface area is 494 Å². The number of anilines is 4. The highest BCUT2D eigenvalue weighted by molar-refractivity contribution is 9.10. The van der Waals surface area contributed by atoms with Gasteiger partial charge in [-0.1, -0.05) is 47.5 Å². The number of nitrogens with two attached hydrogens (primary N) is 4. The quantitative estimate of drug-likeness (QED) is 0.0746. The molecule has 4 aromatic heterocycles. The van der Waals surface area contributed by atoms with Crippen molar-refractivity contribution in [3.63, 3.8) is 0 Å². The summed E-state index contributed by atoms with van der Waals surface area (Å²) in [6.45, 7) is 15.0. The minimum absolute atomic E-state index is 0. The third kappa shape index (κ3) is 20.7. The zero-order chi connectivity index (χ0) is 58.1. The second-order valence-electron chi connectivity index (χ2n) is 20.5. The molecule has 0 saturated carbocycles. The Hall–Kier alpha value is -7.19. The van der Waals surface area contributed by atoms with E-state index in [1.54, 1.807) is 70.5 Å². The fourth-order valence-electron chi connectivity index (χ4n) is 7.93. The van der Waals surface area contributed by atoms with E-state index in [0.717, 1.165) is 51.6 Å². The van der Waals surface area contributed by atoms with Crippen molar-refractivity contribution in [1.29, 1.82) is 0 Å². The van der Waals surface area contributed by atoms with Crippen LogP contribution in [0.25, 0.3) is 22.5 Å². The van der Waals surface area contributed by atoms with Crippen molar-refractivity contribution in [3.05, 3.63) is 87.6 Å². The van der Waals surface area contributed by atoms with E-state index in [9.17, 15) is 19.8 Å². The molecule has 3 atom stereocenters. The van der Waals surface area contributed by atoms with Gasteiger partial charge in [0, 0.05) is 49.0 Å². The zero-order valence-corrected chi connectivity index (χ0v) is 49.6. The number of piperidine rings is 3. The summed E-state index contributed by atoms with van der Waals surface area (Å²) in [5.41, 5.74) is 23.9. The summed E-state index contributed by atoms with van der Waals surface area (Å²) in [6.07, 6.45) is 4.29. The molecule has 3 saturated heterocycles. The molecule has 0 radical (unpaired) electrons. The average molecular weight is 1250 g/mol. The van der Waals surface area contributed by atoms with Gasteiger partial charge in [-0.2, -0.15) is 0 Å². The van der Waals surface area contributed by atoms with Crippen LogP contribution in [0.1, 0.15) is 80.1 Å². The number of nitrogens with one attached hydrogen (secondary N) is 1. The molecule has 2 aromatic carbocycles. The maximum atomic E-state index is 12.3. The van der Waals surface area contributed by atoms with E-state index in [1.165, 1.54) is 6.07 Å². The highest BCUT2D eigenvalue weighted by atomic mass is 79.9.